The number of urea groups is 1. The van der Waals surface area contributed by atoms with Crippen LogP contribution in [0.4, 0.5) is 9.93 Å². The minimum Gasteiger partial charge on any atom is -0.396 e. The second-order valence-electron chi connectivity index (χ2n) is 6.02. The van der Waals surface area contributed by atoms with Gasteiger partial charge in [0.1, 0.15) is 0 Å². The topological polar surface area (TPSA) is 74.2 Å². The molecule has 6 heteroatoms. The van der Waals surface area contributed by atoms with Gasteiger partial charge in [-0.05, 0) is 44.1 Å². The highest BCUT2D eigenvalue weighted by molar-refractivity contribution is 7.15. The third kappa shape index (κ3) is 4.33. The summed E-state index contributed by atoms with van der Waals surface area (Å²) in [7, 11) is 0. The normalized spacial score (nSPS) is 14.7. The van der Waals surface area contributed by atoms with Crippen molar-refractivity contribution in [2.45, 2.75) is 44.6 Å². The Morgan fingerprint density at radius 2 is 2.04 bits per heavy atom. The first kappa shape index (κ1) is 16.9. The number of nitrogens with zero attached hydrogens (tertiary/aromatic N) is 1. The zero-order chi connectivity index (χ0) is 16.8. The van der Waals surface area contributed by atoms with Crippen molar-refractivity contribution in [2.75, 3.05) is 11.9 Å². The zero-order valence-electron chi connectivity index (χ0n) is 13.6. The van der Waals surface area contributed by atoms with Gasteiger partial charge in [0.25, 0.3) is 0 Å². The van der Waals surface area contributed by atoms with Crippen LogP contribution in [0, 0.1) is 0 Å². The predicted octanol–water partition coefficient (Wildman–Crippen LogP) is 3.66. The number of carbonyl (C=O) groups excluding carboxylic acids is 1. The lowest BCUT2D eigenvalue weighted by molar-refractivity contribution is 0.244. The molecule has 0 aliphatic heterocycles. The average molecular weight is 345 g/mol. The number of aliphatic hydroxyl groups excluding tert-OH is 1. The Kier molecular flexibility index (Phi) is 5.82. The molecule has 0 bridgehead atoms. The number of aliphatic hydroxyl groups is 1. The number of carbonyl (C=O) groups is 1. The van der Waals surface area contributed by atoms with Gasteiger partial charge in [0.15, 0.2) is 5.13 Å². The van der Waals surface area contributed by atoms with Crippen molar-refractivity contribution < 1.29 is 9.90 Å². The summed E-state index contributed by atoms with van der Waals surface area (Å²) in [4.78, 5) is 18.2. The van der Waals surface area contributed by atoms with Crippen molar-refractivity contribution in [3.05, 3.63) is 46.5 Å². The quantitative estimate of drug-likeness (QED) is 0.748. The van der Waals surface area contributed by atoms with E-state index in [-0.39, 0.29) is 18.7 Å². The van der Waals surface area contributed by atoms with E-state index in [1.54, 1.807) is 11.3 Å². The van der Waals surface area contributed by atoms with E-state index in [0.29, 0.717) is 18.0 Å². The molecule has 1 aliphatic carbocycles. The van der Waals surface area contributed by atoms with E-state index in [0.717, 1.165) is 24.1 Å². The highest BCUT2D eigenvalue weighted by Gasteiger charge is 2.18. The minimum atomic E-state index is -0.243. The van der Waals surface area contributed by atoms with Crippen molar-refractivity contribution in [1.82, 2.24) is 10.3 Å². The van der Waals surface area contributed by atoms with E-state index in [1.165, 1.54) is 17.7 Å². The van der Waals surface area contributed by atoms with Gasteiger partial charge in [-0.15, -0.1) is 11.3 Å². The Hall–Kier alpha value is -1.92. The van der Waals surface area contributed by atoms with Crippen molar-refractivity contribution in [2.24, 2.45) is 0 Å². The summed E-state index contributed by atoms with van der Waals surface area (Å²) in [5.74, 6) is 0. The van der Waals surface area contributed by atoms with Gasteiger partial charge in [0.05, 0.1) is 11.7 Å². The second kappa shape index (κ2) is 8.26. The number of benzene rings is 1. The van der Waals surface area contributed by atoms with Gasteiger partial charge in [-0.3, -0.25) is 5.32 Å². The molecule has 1 heterocycles. The number of hydrogen-bond donors (Lipinski definition) is 3. The Morgan fingerprint density at radius 3 is 2.79 bits per heavy atom. The molecule has 2 aromatic rings. The third-order valence-corrected chi connectivity index (χ3v) is 5.30. The highest BCUT2D eigenvalue weighted by atomic mass is 32.1. The van der Waals surface area contributed by atoms with Crippen LogP contribution in [0.2, 0.25) is 0 Å². The molecule has 0 fully saturated rings. The smallest absolute Gasteiger partial charge is 0.321 e. The molecule has 3 rings (SSSR count). The number of aromatic nitrogens is 1. The van der Waals surface area contributed by atoms with E-state index in [1.807, 2.05) is 30.3 Å². The zero-order valence-corrected chi connectivity index (χ0v) is 14.4. The van der Waals surface area contributed by atoms with Crippen LogP contribution in [-0.4, -0.2) is 22.7 Å². The van der Waals surface area contributed by atoms with Crippen LogP contribution in [0.15, 0.2) is 30.3 Å². The molecule has 1 unspecified atom stereocenters. The molecule has 0 spiro atoms. The van der Waals surface area contributed by atoms with Gasteiger partial charge < -0.3 is 10.4 Å². The molecule has 1 aromatic carbocycles. The predicted molar refractivity (Wildman–Crippen MR) is 96.4 cm³/mol. The van der Waals surface area contributed by atoms with Gasteiger partial charge in [0, 0.05) is 11.5 Å². The van der Waals surface area contributed by atoms with Crippen LogP contribution >= 0.6 is 11.3 Å². The van der Waals surface area contributed by atoms with Gasteiger partial charge in [-0.25, -0.2) is 9.78 Å². The average Bonchev–Trinajstić information content (AvgIpc) is 3.01. The molecular weight excluding hydrogens is 322 g/mol. The summed E-state index contributed by atoms with van der Waals surface area (Å²) in [6.07, 6.45) is 5.81. The Bertz CT molecular complexity index is 649. The van der Waals surface area contributed by atoms with E-state index in [9.17, 15) is 4.79 Å². The molecule has 5 nitrogen and oxygen atoms in total. The van der Waals surface area contributed by atoms with Crippen LogP contribution in [0.25, 0.3) is 0 Å². The molecule has 0 saturated heterocycles. The monoisotopic (exact) mass is 345 g/mol. The summed E-state index contributed by atoms with van der Waals surface area (Å²) in [6, 6.07) is 9.48. The number of thiazole rings is 1. The van der Waals surface area contributed by atoms with Crippen LogP contribution < -0.4 is 10.6 Å². The number of fused-ring (bicyclic) bond motifs is 1. The summed E-state index contributed by atoms with van der Waals surface area (Å²) >= 11 is 1.58. The summed E-state index contributed by atoms with van der Waals surface area (Å²) in [5, 5.41) is 15.6. The number of rotatable bonds is 6. The maximum atomic E-state index is 12.4. The maximum Gasteiger partial charge on any atom is 0.321 e. The number of aryl methyl sites for hydroxylation is 2. The fraction of sp³-hybridized carbons (Fsp3) is 0.444. The molecule has 2 amide bonds. The van der Waals surface area contributed by atoms with Crippen molar-refractivity contribution in [1.29, 1.82) is 0 Å². The second-order valence-corrected chi connectivity index (χ2v) is 7.11. The Morgan fingerprint density at radius 1 is 1.25 bits per heavy atom. The molecule has 1 atom stereocenters. The molecular formula is C18H23N3O2S. The van der Waals surface area contributed by atoms with Crippen LogP contribution in [-0.2, 0) is 12.8 Å². The van der Waals surface area contributed by atoms with Crippen molar-refractivity contribution >= 4 is 22.5 Å². The van der Waals surface area contributed by atoms with Gasteiger partial charge >= 0.3 is 6.03 Å². The van der Waals surface area contributed by atoms with E-state index >= 15 is 0 Å². The first-order valence-electron chi connectivity index (χ1n) is 8.48. The number of amides is 2. The first-order chi connectivity index (χ1) is 11.8. The van der Waals surface area contributed by atoms with Gasteiger partial charge in [0.2, 0.25) is 0 Å². The molecule has 3 N–H and O–H groups in total. The SMILES string of the molecule is O=C(Nc1nc2c(s1)CCCC2)NC(CCCO)c1ccccc1. The summed E-state index contributed by atoms with van der Waals surface area (Å²) in [5.41, 5.74) is 2.18. The van der Waals surface area contributed by atoms with E-state index < -0.39 is 0 Å². The van der Waals surface area contributed by atoms with Crippen LogP contribution in [0.1, 0.15) is 47.9 Å². The summed E-state index contributed by atoms with van der Waals surface area (Å²) < 4.78 is 0. The molecule has 128 valence electrons. The van der Waals surface area contributed by atoms with Gasteiger partial charge in [-0.1, -0.05) is 30.3 Å². The Balaban J connectivity index is 1.63. The van der Waals surface area contributed by atoms with Gasteiger partial charge in [-0.2, -0.15) is 0 Å². The van der Waals surface area contributed by atoms with Crippen molar-refractivity contribution in [3.63, 3.8) is 0 Å². The number of hydrogen-bond acceptors (Lipinski definition) is 4. The lowest BCUT2D eigenvalue weighted by Gasteiger charge is -2.18. The standard InChI is InChI=1S/C18H23N3O2S/c22-12-6-10-14(13-7-2-1-3-8-13)19-17(23)21-18-20-15-9-4-5-11-16(15)24-18/h1-3,7-8,14,22H,4-6,9-12H2,(H2,19,20,21,23). The lowest BCUT2D eigenvalue weighted by atomic mass is 10.0. The summed E-state index contributed by atoms with van der Waals surface area (Å²) in [6.45, 7) is 0.117. The molecule has 1 aliphatic rings. The molecule has 24 heavy (non-hydrogen) atoms. The van der Waals surface area contributed by atoms with Crippen molar-refractivity contribution in [3.8, 4) is 0 Å². The lowest BCUT2D eigenvalue weighted by Crippen LogP contribution is -2.32. The maximum absolute atomic E-state index is 12.4. The first-order valence-corrected chi connectivity index (χ1v) is 9.30. The fourth-order valence-corrected chi connectivity index (χ4v) is 4.04. The highest BCUT2D eigenvalue weighted by Crippen LogP contribution is 2.29. The largest absolute Gasteiger partial charge is 0.396 e. The molecule has 0 radical (unpaired) electrons. The number of anilines is 1. The van der Waals surface area contributed by atoms with E-state index in [2.05, 4.69) is 15.6 Å². The molecule has 1 aromatic heterocycles. The van der Waals surface area contributed by atoms with E-state index in [4.69, 9.17) is 5.11 Å². The number of nitrogens with one attached hydrogen (secondary N) is 2. The minimum absolute atomic E-state index is 0.117. The third-order valence-electron chi connectivity index (χ3n) is 4.22. The fourth-order valence-electron chi connectivity index (χ4n) is 3.00. The molecule has 0 saturated carbocycles. The Labute approximate surface area is 146 Å². The van der Waals surface area contributed by atoms with Crippen LogP contribution in [0.5, 0.6) is 0 Å². The van der Waals surface area contributed by atoms with Crippen LogP contribution in [0.3, 0.4) is 0 Å².